The van der Waals surface area contributed by atoms with Gasteiger partial charge in [0, 0.05) is 31.9 Å². The standard InChI is InChI=1S/C27H25N3O4S2/c1-17(2)26(27(31)32)29-36(33,34)21-9-10-22-23-12-19(8-11-24(23)35-25(22)13-21)20-14-28-30(16-20)15-18-6-4-3-5-7-18/h3-14,16-17,26,29H,15H2,1-2H3,(H,31,32)/t26-/m0/s1. The van der Waals surface area contributed by atoms with Gasteiger partial charge in [0.05, 0.1) is 17.6 Å². The second-order valence-corrected chi connectivity index (χ2v) is 11.9. The van der Waals surface area contributed by atoms with E-state index in [0.29, 0.717) is 6.54 Å². The number of thiophene rings is 1. The SMILES string of the molecule is CC(C)[C@H](NS(=O)(=O)c1ccc2c(c1)sc1ccc(-c3cnn(Cc4ccccc4)c3)cc12)C(=O)O. The lowest BCUT2D eigenvalue weighted by atomic mass is 10.1. The van der Waals surface area contributed by atoms with Crippen LogP contribution >= 0.6 is 11.3 Å². The number of nitrogens with one attached hydrogen (secondary N) is 1. The van der Waals surface area contributed by atoms with Gasteiger partial charge in [0.1, 0.15) is 6.04 Å². The highest BCUT2D eigenvalue weighted by Gasteiger charge is 2.28. The normalized spacial score (nSPS) is 13.0. The van der Waals surface area contributed by atoms with Gasteiger partial charge in [-0.1, -0.05) is 56.3 Å². The van der Waals surface area contributed by atoms with Crippen LogP contribution in [0.1, 0.15) is 19.4 Å². The second kappa shape index (κ2) is 9.50. The lowest BCUT2D eigenvalue weighted by molar-refractivity contribution is -0.140. The summed E-state index contributed by atoms with van der Waals surface area (Å²) < 4.78 is 31.9. The minimum atomic E-state index is -3.99. The summed E-state index contributed by atoms with van der Waals surface area (Å²) in [7, 11) is -3.99. The maximum absolute atomic E-state index is 12.9. The number of benzene rings is 3. The Morgan fingerprint density at radius 3 is 2.50 bits per heavy atom. The molecule has 36 heavy (non-hydrogen) atoms. The lowest BCUT2D eigenvalue weighted by Crippen LogP contribution is -2.44. The van der Waals surface area contributed by atoms with E-state index in [2.05, 4.69) is 28.0 Å². The minimum absolute atomic E-state index is 0.0517. The number of hydrogen-bond acceptors (Lipinski definition) is 5. The van der Waals surface area contributed by atoms with E-state index in [0.717, 1.165) is 31.3 Å². The molecule has 2 N–H and O–H groups in total. The van der Waals surface area contributed by atoms with Gasteiger partial charge in [-0.15, -0.1) is 11.3 Å². The van der Waals surface area contributed by atoms with E-state index in [9.17, 15) is 18.3 Å². The molecule has 0 fully saturated rings. The predicted octanol–water partition coefficient (Wildman–Crippen LogP) is 5.35. The van der Waals surface area contributed by atoms with E-state index >= 15 is 0 Å². The van der Waals surface area contributed by atoms with Crippen molar-refractivity contribution in [3.63, 3.8) is 0 Å². The Kier molecular flexibility index (Phi) is 6.38. The maximum atomic E-state index is 12.9. The van der Waals surface area contributed by atoms with Crippen LogP contribution in [-0.2, 0) is 21.4 Å². The van der Waals surface area contributed by atoms with Crippen molar-refractivity contribution >= 4 is 47.5 Å². The number of hydrogen-bond donors (Lipinski definition) is 2. The quantitative estimate of drug-likeness (QED) is 0.288. The van der Waals surface area contributed by atoms with Crippen LogP contribution < -0.4 is 4.72 Å². The molecule has 3 aromatic carbocycles. The van der Waals surface area contributed by atoms with Crippen LogP contribution in [0.2, 0.25) is 0 Å². The van der Waals surface area contributed by atoms with E-state index in [1.54, 1.807) is 26.0 Å². The highest BCUT2D eigenvalue weighted by atomic mass is 32.2. The number of carboxylic acids is 1. The van der Waals surface area contributed by atoms with Gasteiger partial charge < -0.3 is 5.11 Å². The summed E-state index contributed by atoms with van der Waals surface area (Å²) in [5.41, 5.74) is 3.21. The predicted molar refractivity (Wildman–Crippen MR) is 143 cm³/mol. The van der Waals surface area contributed by atoms with Crippen LogP contribution in [0.5, 0.6) is 0 Å². The summed E-state index contributed by atoms with van der Waals surface area (Å²) in [6.07, 6.45) is 3.87. The Morgan fingerprint density at radius 2 is 1.78 bits per heavy atom. The average molecular weight is 520 g/mol. The molecule has 2 heterocycles. The first-order valence-corrected chi connectivity index (χ1v) is 13.8. The third-order valence-corrected chi connectivity index (χ3v) is 8.69. The Morgan fingerprint density at radius 1 is 1.00 bits per heavy atom. The first kappa shape index (κ1) is 24.2. The second-order valence-electron chi connectivity index (χ2n) is 9.06. The van der Waals surface area contributed by atoms with E-state index in [1.165, 1.54) is 23.0 Å². The molecular formula is C27H25N3O4S2. The van der Waals surface area contributed by atoms with Gasteiger partial charge in [0.25, 0.3) is 0 Å². The van der Waals surface area contributed by atoms with Crippen molar-refractivity contribution in [3.8, 4) is 11.1 Å². The summed E-state index contributed by atoms with van der Waals surface area (Å²) in [4.78, 5) is 11.5. The van der Waals surface area contributed by atoms with Crippen molar-refractivity contribution in [3.05, 3.63) is 84.7 Å². The van der Waals surface area contributed by atoms with Crippen LogP contribution in [0.4, 0.5) is 0 Å². The zero-order valence-electron chi connectivity index (χ0n) is 19.8. The number of rotatable bonds is 8. The molecule has 0 radical (unpaired) electrons. The molecule has 5 aromatic rings. The van der Waals surface area contributed by atoms with Crippen LogP contribution in [0.3, 0.4) is 0 Å². The molecule has 0 spiro atoms. The van der Waals surface area contributed by atoms with Gasteiger partial charge in [-0.3, -0.25) is 9.48 Å². The van der Waals surface area contributed by atoms with Crippen molar-refractivity contribution in [1.29, 1.82) is 0 Å². The molecular weight excluding hydrogens is 494 g/mol. The molecule has 2 aromatic heterocycles. The fourth-order valence-corrected chi connectivity index (χ4v) is 6.74. The smallest absolute Gasteiger partial charge is 0.322 e. The minimum Gasteiger partial charge on any atom is -0.480 e. The van der Waals surface area contributed by atoms with Gasteiger partial charge in [-0.05, 0) is 41.3 Å². The zero-order valence-corrected chi connectivity index (χ0v) is 21.4. The molecule has 1 atom stereocenters. The van der Waals surface area contributed by atoms with Crippen LogP contribution in [0.25, 0.3) is 31.3 Å². The van der Waals surface area contributed by atoms with Crippen LogP contribution in [0, 0.1) is 5.92 Å². The van der Waals surface area contributed by atoms with Crippen molar-refractivity contribution in [2.45, 2.75) is 31.3 Å². The van der Waals surface area contributed by atoms with Gasteiger partial charge in [-0.2, -0.15) is 9.82 Å². The zero-order chi connectivity index (χ0) is 25.4. The van der Waals surface area contributed by atoms with Crippen LogP contribution in [-0.4, -0.2) is 35.3 Å². The summed E-state index contributed by atoms with van der Waals surface area (Å²) in [6.45, 7) is 4.02. The fraction of sp³-hybridized carbons (Fsp3) is 0.185. The highest BCUT2D eigenvalue weighted by molar-refractivity contribution is 7.89. The van der Waals surface area contributed by atoms with E-state index in [1.807, 2.05) is 47.4 Å². The highest BCUT2D eigenvalue weighted by Crippen LogP contribution is 2.37. The number of aromatic nitrogens is 2. The molecule has 0 saturated carbocycles. The number of carboxylic acid groups (broad SMARTS) is 1. The first-order valence-electron chi connectivity index (χ1n) is 11.5. The monoisotopic (exact) mass is 519 g/mol. The van der Waals surface area contributed by atoms with Gasteiger partial charge in [0.15, 0.2) is 0 Å². The fourth-order valence-electron chi connectivity index (χ4n) is 4.18. The van der Waals surface area contributed by atoms with Crippen molar-refractivity contribution < 1.29 is 18.3 Å². The number of aliphatic carboxylic acids is 1. The summed E-state index contributed by atoms with van der Waals surface area (Å²) in [5.74, 6) is -1.59. The molecule has 9 heteroatoms. The van der Waals surface area contributed by atoms with E-state index in [4.69, 9.17) is 0 Å². The molecule has 7 nitrogen and oxygen atoms in total. The summed E-state index contributed by atoms with van der Waals surface area (Å²) in [5, 5.41) is 15.9. The summed E-state index contributed by atoms with van der Waals surface area (Å²) in [6, 6.07) is 20.1. The molecule has 0 bridgehead atoms. The average Bonchev–Trinajstić information content (AvgIpc) is 3.46. The van der Waals surface area contributed by atoms with Crippen molar-refractivity contribution in [2.24, 2.45) is 5.92 Å². The third kappa shape index (κ3) is 4.77. The van der Waals surface area contributed by atoms with Gasteiger partial charge >= 0.3 is 5.97 Å². The van der Waals surface area contributed by atoms with Gasteiger partial charge in [0.2, 0.25) is 10.0 Å². The molecule has 0 aliphatic carbocycles. The molecule has 0 amide bonds. The topological polar surface area (TPSA) is 101 Å². The Hall–Kier alpha value is -3.53. The number of sulfonamides is 1. The molecule has 0 saturated heterocycles. The summed E-state index contributed by atoms with van der Waals surface area (Å²) >= 11 is 1.50. The Labute approximate surface area is 213 Å². The maximum Gasteiger partial charge on any atom is 0.322 e. The molecule has 0 unspecified atom stereocenters. The number of nitrogens with zero attached hydrogens (tertiary/aromatic N) is 2. The van der Waals surface area contributed by atoms with Crippen molar-refractivity contribution in [2.75, 3.05) is 0 Å². The number of carbonyl (C=O) groups is 1. The molecule has 184 valence electrons. The number of fused-ring (bicyclic) bond motifs is 3. The third-order valence-electron chi connectivity index (χ3n) is 6.12. The molecule has 0 aliphatic heterocycles. The van der Waals surface area contributed by atoms with Crippen LogP contribution in [0.15, 0.2) is 84.0 Å². The largest absolute Gasteiger partial charge is 0.480 e. The Balaban J connectivity index is 1.46. The van der Waals surface area contributed by atoms with Crippen molar-refractivity contribution in [1.82, 2.24) is 14.5 Å². The Bertz CT molecular complexity index is 1670. The molecule has 0 aliphatic rings. The molecule has 5 rings (SSSR count). The van der Waals surface area contributed by atoms with E-state index < -0.39 is 22.0 Å². The first-order chi connectivity index (χ1) is 17.2. The van der Waals surface area contributed by atoms with E-state index in [-0.39, 0.29) is 10.8 Å². The lowest BCUT2D eigenvalue weighted by Gasteiger charge is -2.18. The van der Waals surface area contributed by atoms with Gasteiger partial charge in [-0.25, -0.2) is 8.42 Å².